The van der Waals surface area contributed by atoms with Crippen LogP contribution in [0.1, 0.15) is 0 Å². The summed E-state index contributed by atoms with van der Waals surface area (Å²) < 4.78 is 9.75. The zero-order valence-corrected chi connectivity index (χ0v) is 14.2. The molecule has 0 N–H and O–H groups in total. The van der Waals surface area contributed by atoms with Crippen molar-refractivity contribution in [2.75, 3.05) is 0 Å². The van der Waals surface area contributed by atoms with Gasteiger partial charge < -0.3 is 0 Å². The molecule has 0 atom stereocenters. The molecular formula is C16H7BrS3. The van der Waals surface area contributed by atoms with E-state index in [1.165, 1.54) is 39.0 Å². The molecule has 3 heterocycles. The molecule has 0 amide bonds. The standard InChI is InChI=1S/C16H7BrS3/c17-8-5-6-12-10(7-8)14-16(19-12)15-13(20-14)9-3-1-2-4-11(9)18-15/h1-7H. The molecule has 0 unspecified atom stereocenters. The minimum atomic E-state index is 1.16. The molecule has 0 aliphatic rings. The van der Waals surface area contributed by atoms with Gasteiger partial charge in [0.1, 0.15) is 0 Å². The van der Waals surface area contributed by atoms with Crippen molar-refractivity contribution in [2.45, 2.75) is 0 Å². The van der Waals surface area contributed by atoms with Crippen LogP contribution in [-0.4, -0.2) is 0 Å². The Morgan fingerprint density at radius 2 is 1.35 bits per heavy atom. The quantitative estimate of drug-likeness (QED) is 0.267. The molecule has 5 rings (SSSR count). The highest BCUT2D eigenvalue weighted by Crippen LogP contribution is 2.49. The highest BCUT2D eigenvalue weighted by Gasteiger charge is 2.16. The summed E-state index contributed by atoms with van der Waals surface area (Å²) in [5, 5.41) is 2.79. The van der Waals surface area contributed by atoms with E-state index < -0.39 is 0 Å². The smallest absolute Gasteiger partial charge is 0.0642 e. The Balaban J connectivity index is 2.06. The van der Waals surface area contributed by atoms with Crippen LogP contribution in [-0.2, 0) is 0 Å². The topological polar surface area (TPSA) is 0 Å². The highest BCUT2D eigenvalue weighted by molar-refractivity contribution is 9.10. The van der Waals surface area contributed by atoms with Crippen LogP contribution in [0.5, 0.6) is 0 Å². The van der Waals surface area contributed by atoms with Gasteiger partial charge in [0, 0.05) is 24.6 Å². The average Bonchev–Trinajstić information content (AvgIpc) is 3.07. The van der Waals surface area contributed by atoms with E-state index in [2.05, 4.69) is 58.4 Å². The van der Waals surface area contributed by atoms with Gasteiger partial charge in [-0.05, 0) is 24.3 Å². The molecule has 0 nitrogen and oxygen atoms in total. The average molecular weight is 375 g/mol. The van der Waals surface area contributed by atoms with Crippen molar-refractivity contribution in [3.05, 3.63) is 46.9 Å². The van der Waals surface area contributed by atoms with Crippen LogP contribution in [0.4, 0.5) is 0 Å². The number of hydrogen-bond donors (Lipinski definition) is 0. The lowest BCUT2D eigenvalue weighted by atomic mass is 10.2. The van der Waals surface area contributed by atoms with Gasteiger partial charge in [0.2, 0.25) is 0 Å². The molecule has 0 saturated heterocycles. The monoisotopic (exact) mass is 374 g/mol. The van der Waals surface area contributed by atoms with Gasteiger partial charge in [0.15, 0.2) is 0 Å². The normalized spacial score (nSPS) is 12.2. The summed E-state index contributed by atoms with van der Waals surface area (Å²) in [5.41, 5.74) is 0. The third-order valence-corrected chi connectivity index (χ3v) is 8.08. The number of thiophene rings is 3. The molecule has 0 aliphatic carbocycles. The lowest BCUT2D eigenvalue weighted by Gasteiger charge is -1.91. The van der Waals surface area contributed by atoms with Crippen molar-refractivity contribution in [3.8, 4) is 0 Å². The Kier molecular flexibility index (Phi) is 2.36. The second-order valence-corrected chi connectivity index (χ2v) is 8.80. The van der Waals surface area contributed by atoms with Crippen LogP contribution in [0, 0.1) is 0 Å². The highest BCUT2D eigenvalue weighted by atomic mass is 79.9. The number of hydrogen-bond acceptors (Lipinski definition) is 3. The molecule has 20 heavy (non-hydrogen) atoms. The molecule has 96 valence electrons. The lowest BCUT2D eigenvalue weighted by molar-refractivity contribution is 1.78. The Bertz CT molecular complexity index is 1110. The number of halogens is 1. The van der Waals surface area contributed by atoms with E-state index in [0.717, 1.165) is 4.47 Å². The van der Waals surface area contributed by atoms with Gasteiger partial charge in [-0.3, -0.25) is 0 Å². The third kappa shape index (κ3) is 1.45. The van der Waals surface area contributed by atoms with Crippen LogP contribution < -0.4 is 0 Å². The molecule has 0 radical (unpaired) electrons. The van der Waals surface area contributed by atoms with Crippen LogP contribution in [0.3, 0.4) is 0 Å². The molecule has 5 aromatic rings. The fourth-order valence-corrected chi connectivity index (χ4v) is 7.27. The predicted octanol–water partition coefficient (Wildman–Crippen LogP) is 7.25. The SMILES string of the molecule is Brc1ccc2sc3c(sc4c5ccccc5sc43)c2c1. The van der Waals surface area contributed by atoms with Gasteiger partial charge in [-0.15, -0.1) is 34.0 Å². The minimum Gasteiger partial charge on any atom is -0.133 e. The molecule has 0 fully saturated rings. The van der Waals surface area contributed by atoms with Crippen molar-refractivity contribution in [1.82, 2.24) is 0 Å². The molecular weight excluding hydrogens is 368 g/mol. The Hall–Kier alpha value is -0.940. The Morgan fingerprint density at radius 3 is 2.20 bits per heavy atom. The summed E-state index contributed by atoms with van der Waals surface area (Å²) in [6.45, 7) is 0. The third-order valence-electron chi connectivity index (χ3n) is 3.56. The zero-order valence-electron chi connectivity index (χ0n) is 10.1. The fraction of sp³-hybridized carbons (Fsp3) is 0. The second kappa shape index (κ2) is 4.04. The van der Waals surface area contributed by atoms with Crippen molar-refractivity contribution < 1.29 is 0 Å². The zero-order chi connectivity index (χ0) is 13.3. The Labute approximate surface area is 135 Å². The molecule has 0 saturated carbocycles. The summed E-state index contributed by atoms with van der Waals surface area (Å²) >= 11 is 9.38. The predicted molar refractivity (Wildman–Crippen MR) is 97.8 cm³/mol. The molecule has 0 aliphatic heterocycles. The molecule has 4 heteroatoms. The number of rotatable bonds is 0. The van der Waals surface area contributed by atoms with E-state index in [0.29, 0.717) is 0 Å². The van der Waals surface area contributed by atoms with E-state index in [1.54, 1.807) is 0 Å². The molecule has 3 aromatic heterocycles. The maximum atomic E-state index is 3.59. The van der Waals surface area contributed by atoms with Crippen molar-refractivity contribution >= 4 is 88.9 Å². The summed E-state index contributed by atoms with van der Waals surface area (Å²) in [7, 11) is 0. The van der Waals surface area contributed by atoms with E-state index in [4.69, 9.17) is 0 Å². The van der Waals surface area contributed by atoms with Crippen LogP contribution in [0.2, 0.25) is 0 Å². The van der Waals surface area contributed by atoms with Gasteiger partial charge in [-0.2, -0.15) is 0 Å². The minimum absolute atomic E-state index is 1.16. The van der Waals surface area contributed by atoms with E-state index >= 15 is 0 Å². The van der Waals surface area contributed by atoms with Crippen molar-refractivity contribution in [1.29, 1.82) is 0 Å². The largest absolute Gasteiger partial charge is 0.133 e. The fourth-order valence-electron chi connectivity index (χ4n) is 2.67. The first-order valence-corrected chi connectivity index (χ1v) is 9.47. The lowest BCUT2D eigenvalue weighted by Crippen LogP contribution is -1.63. The molecule has 0 spiro atoms. The molecule has 2 aromatic carbocycles. The van der Waals surface area contributed by atoms with E-state index in [1.807, 2.05) is 34.0 Å². The molecule has 0 bridgehead atoms. The van der Waals surface area contributed by atoms with E-state index in [9.17, 15) is 0 Å². The van der Waals surface area contributed by atoms with E-state index in [-0.39, 0.29) is 0 Å². The van der Waals surface area contributed by atoms with Crippen LogP contribution >= 0.6 is 49.9 Å². The van der Waals surface area contributed by atoms with Gasteiger partial charge in [-0.25, -0.2) is 0 Å². The van der Waals surface area contributed by atoms with Crippen LogP contribution in [0.25, 0.3) is 39.0 Å². The number of benzene rings is 2. The summed E-state index contributed by atoms with van der Waals surface area (Å²) in [4.78, 5) is 0. The first-order chi connectivity index (χ1) is 9.81. The van der Waals surface area contributed by atoms with Crippen LogP contribution in [0.15, 0.2) is 46.9 Å². The first-order valence-electron chi connectivity index (χ1n) is 6.23. The summed E-state index contributed by atoms with van der Waals surface area (Å²) in [5.74, 6) is 0. The number of fused-ring (bicyclic) bond motifs is 7. The maximum Gasteiger partial charge on any atom is 0.0642 e. The van der Waals surface area contributed by atoms with Gasteiger partial charge in [0.25, 0.3) is 0 Å². The van der Waals surface area contributed by atoms with Crippen molar-refractivity contribution in [3.63, 3.8) is 0 Å². The Morgan fingerprint density at radius 1 is 0.650 bits per heavy atom. The van der Waals surface area contributed by atoms with Crippen molar-refractivity contribution in [2.24, 2.45) is 0 Å². The summed E-state index contributed by atoms with van der Waals surface area (Å²) in [6, 6.07) is 15.3. The second-order valence-electron chi connectivity index (χ2n) is 4.76. The summed E-state index contributed by atoms with van der Waals surface area (Å²) in [6.07, 6.45) is 0. The van der Waals surface area contributed by atoms with Gasteiger partial charge >= 0.3 is 0 Å². The van der Waals surface area contributed by atoms with Gasteiger partial charge in [-0.1, -0.05) is 34.1 Å². The first kappa shape index (κ1) is 11.7. The van der Waals surface area contributed by atoms with Gasteiger partial charge in [0.05, 0.1) is 18.8 Å². The maximum absolute atomic E-state index is 3.59.